The Bertz CT molecular complexity index is 1090. The lowest BCUT2D eigenvalue weighted by molar-refractivity contribution is -0.108. The Balaban J connectivity index is 0.00000136. The predicted molar refractivity (Wildman–Crippen MR) is 121 cm³/mol. The molecule has 150 valence electrons. The minimum Gasteiger partial charge on any atom is -0.400 e. The van der Waals surface area contributed by atoms with Crippen LogP contribution in [-0.4, -0.2) is 37.2 Å². The maximum absolute atomic E-state index is 13.2. The zero-order valence-electron chi connectivity index (χ0n) is 16.6. The van der Waals surface area contributed by atoms with Gasteiger partial charge in [0.25, 0.3) is 0 Å². The van der Waals surface area contributed by atoms with Crippen LogP contribution in [0.4, 0.5) is 5.69 Å². The first-order chi connectivity index (χ1) is 13.3. The van der Waals surface area contributed by atoms with E-state index in [-0.39, 0.29) is 17.9 Å². The summed E-state index contributed by atoms with van der Waals surface area (Å²) in [5.41, 5.74) is 3.19. The van der Waals surface area contributed by atoms with E-state index in [1.807, 2.05) is 35.7 Å². The number of rotatable bonds is 4. The maximum atomic E-state index is 13.2. The van der Waals surface area contributed by atoms with Gasteiger partial charge in [0.2, 0.25) is 0 Å². The fraction of sp³-hybridized carbons (Fsp3) is 0.333. The van der Waals surface area contributed by atoms with Gasteiger partial charge in [0.1, 0.15) is 6.29 Å². The first kappa shape index (κ1) is 22.4. The van der Waals surface area contributed by atoms with Crippen LogP contribution in [-0.2, 0) is 11.3 Å². The molecule has 7 heteroatoms. The van der Waals surface area contributed by atoms with E-state index in [2.05, 4.69) is 29.8 Å². The number of aldehydes is 1. The third-order valence-corrected chi connectivity index (χ3v) is 5.59. The Hall–Kier alpha value is -1.89. The van der Waals surface area contributed by atoms with E-state index >= 15 is 0 Å². The number of halogens is 2. The van der Waals surface area contributed by atoms with Gasteiger partial charge in [-0.05, 0) is 35.7 Å². The molecule has 1 aromatic heterocycles. The fourth-order valence-corrected chi connectivity index (χ4v) is 4.51. The molecular formula is C21H24BrClN2O3. The van der Waals surface area contributed by atoms with Gasteiger partial charge in [-0.25, -0.2) is 0 Å². The summed E-state index contributed by atoms with van der Waals surface area (Å²) in [4.78, 5) is 26.5. The lowest BCUT2D eigenvalue weighted by Gasteiger charge is -2.22. The van der Waals surface area contributed by atoms with Crippen LogP contribution in [0, 0.1) is 0 Å². The van der Waals surface area contributed by atoms with Crippen molar-refractivity contribution in [1.82, 2.24) is 4.57 Å². The molecule has 0 amide bonds. The highest BCUT2D eigenvalue weighted by Crippen LogP contribution is 2.36. The van der Waals surface area contributed by atoms with Gasteiger partial charge in [0.05, 0.1) is 28.3 Å². The maximum Gasteiger partial charge on any atom is 0.197 e. The number of hydrogen-bond acceptors (Lipinski definition) is 4. The van der Waals surface area contributed by atoms with Crippen LogP contribution in [0.5, 0.6) is 0 Å². The molecule has 2 aromatic carbocycles. The van der Waals surface area contributed by atoms with Gasteiger partial charge in [-0.2, -0.15) is 0 Å². The van der Waals surface area contributed by atoms with Gasteiger partial charge in [-0.15, -0.1) is 0 Å². The quantitative estimate of drug-likeness (QED) is 0.451. The summed E-state index contributed by atoms with van der Waals surface area (Å²) >= 11 is 10.0. The molecule has 0 bridgehead atoms. The van der Waals surface area contributed by atoms with Crippen molar-refractivity contribution < 1.29 is 9.90 Å². The number of pyridine rings is 1. The van der Waals surface area contributed by atoms with Crippen molar-refractivity contribution in [3.05, 3.63) is 49.5 Å². The van der Waals surface area contributed by atoms with E-state index in [0.29, 0.717) is 21.3 Å². The molecule has 1 heterocycles. The van der Waals surface area contributed by atoms with Crippen LogP contribution in [0.1, 0.15) is 25.3 Å². The van der Waals surface area contributed by atoms with Crippen molar-refractivity contribution in [3.63, 3.8) is 0 Å². The Morgan fingerprint density at radius 2 is 1.86 bits per heavy atom. The molecule has 28 heavy (non-hydrogen) atoms. The molecule has 0 fully saturated rings. The molecule has 0 aliphatic heterocycles. The van der Waals surface area contributed by atoms with Gasteiger partial charge in [-0.1, -0.05) is 41.4 Å². The number of carbonyl (C=O) groups excluding carboxylic acids is 1. The fourth-order valence-electron chi connectivity index (χ4n) is 3.39. The summed E-state index contributed by atoms with van der Waals surface area (Å²) in [5, 5.41) is 8.68. The van der Waals surface area contributed by atoms with Crippen molar-refractivity contribution in [2.45, 2.75) is 26.3 Å². The molecule has 3 rings (SSSR count). The lowest BCUT2D eigenvalue weighted by Crippen LogP contribution is -2.18. The average Bonchev–Trinajstić information content (AvgIpc) is 2.65. The number of nitrogens with zero attached hydrogens (tertiary/aromatic N) is 2. The second-order valence-corrected chi connectivity index (χ2v) is 8.10. The van der Waals surface area contributed by atoms with Crippen LogP contribution < -0.4 is 10.3 Å². The lowest BCUT2D eigenvalue weighted by atomic mass is 9.99. The highest BCUT2D eigenvalue weighted by Gasteiger charge is 2.19. The van der Waals surface area contributed by atoms with E-state index in [9.17, 15) is 9.59 Å². The molecule has 0 unspecified atom stereocenters. The van der Waals surface area contributed by atoms with E-state index in [0.717, 1.165) is 34.6 Å². The third-order valence-electron chi connectivity index (χ3n) is 4.59. The molecule has 0 aliphatic rings. The van der Waals surface area contributed by atoms with Crippen LogP contribution in [0.3, 0.4) is 0 Å². The first-order valence-corrected chi connectivity index (χ1v) is 9.98. The van der Waals surface area contributed by atoms with Gasteiger partial charge in [0.15, 0.2) is 5.43 Å². The Morgan fingerprint density at radius 1 is 1.21 bits per heavy atom. The zero-order chi connectivity index (χ0) is 21.2. The molecule has 1 N–H and O–H groups in total. The van der Waals surface area contributed by atoms with Crippen molar-refractivity contribution in [2.24, 2.45) is 0 Å². The minimum atomic E-state index is -0.0621. The Kier molecular flexibility index (Phi) is 7.26. The number of aliphatic hydroxyl groups is 1. The summed E-state index contributed by atoms with van der Waals surface area (Å²) in [5.74, 6) is 0.275. The predicted octanol–water partition coefficient (Wildman–Crippen LogP) is 4.57. The van der Waals surface area contributed by atoms with Gasteiger partial charge >= 0.3 is 0 Å². The van der Waals surface area contributed by atoms with E-state index in [4.69, 9.17) is 16.7 Å². The monoisotopic (exact) mass is 466 g/mol. The zero-order valence-corrected chi connectivity index (χ0v) is 18.9. The molecule has 5 nitrogen and oxygen atoms in total. The summed E-state index contributed by atoms with van der Waals surface area (Å²) in [6.45, 7) is 4.34. The molecule has 3 aromatic rings. The minimum absolute atomic E-state index is 0.0621. The normalized spacial score (nSPS) is 10.9. The molecular weight excluding hydrogens is 444 g/mol. The number of carbonyl (C=O) groups is 1. The Morgan fingerprint density at radius 3 is 2.39 bits per heavy atom. The largest absolute Gasteiger partial charge is 0.400 e. The number of aliphatic hydroxyl groups excluding tert-OH is 1. The second-order valence-electron chi connectivity index (χ2n) is 6.84. The molecule has 0 saturated heterocycles. The Labute approximate surface area is 177 Å². The van der Waals surface area contributed by atoms with E-state index < -0.39 is 0 Å². The highest BCUT2D eigenvalue weighted by molar-refractivity contribution is 9.10. The molecule has 0 radical (unpaired) electrons. The summed E-state index contributed by atoms with van der Waals surface area (Å²) in [6, 6.07) is 7.32. The highest BCUT2D eigenvalue weighted by atomic mass is 79.9. The number of anilines is 1. The van der Waals surface area contributed by atoms with E-state index in [1.165, 1.54) is 0 Å². The van der Waals surface area contributed by atoms with Crippen molar-refractivity contribution >= 4 is 61.3 Å². The number of hydrogen-bond donors (Lipinski definition) is 1. The standard InChI is InChI=1S/C20H20BrClN2O2.CH4O/c1-11(2)13-10-17-14(9-15(13)21)20(26)12-5-6-16(22)19(23(3)4)18(12)24(17)7-8-25;1-2/h5-6,8-11H,7H2,1-4H3;2H,1H3. The van der Waals surface area contributed by atoms with Gasteiger partial charge < -0.3 is 19.4 Å². The first-order valence-electron chi connectivity index (χ1n) is 8.81. The topological polar surface area (TPSA) is 62.5 Å². The second kappa shape index (κ2) is 9.07. The van der Waals surface area contributed by atoms with Crippen molar-refractivity contribution in [2.75, 3.05) is 26.1 Å². The smallest absolute Gasteiger partial charge is 0.197 e. The summed E-state index contributed by atoms with van der Waals surface area (Å²) in [7, 11) is 4.75. The van der Waals surface area contributed by atoms with Crippen LogP contribution >= 0.6 is 27.5 Å². The van der Waals surface area contributed by atoms with Crippen molar-refractivity contribution in [3.8, 4) is 0 Å². The van der Waals surface area contributed by atoms with Crippen molar-refractivity contribution in [1.29, 1.82) is 0 Å². The van der Waals surface area contributed by atoms with Gasteiger partial charge in [-0.3, -0.25) is 4.79 Å². The van der Waals surface area contributed by atoms with Crippen LogP contribution in [0.25, 0.3) is 21.8 Å². The summed E-state index contributed by atoms with van der Waals surface area (Å²) in [6.07, 6.45) is 0.848. The molecule has 0 aliphatic carbocycles. The van der Waals surface area contributed by atoms with E-state index in [1.54, 1.807) is 12.1 Å². The molecule has 0 atom stereocenters. The van der Waals surface area contributed by atoms with Crippen LogP contribution in [0.2, 0.25) is 5.02 Å². The SMILES string of the molecule is CC(C)c1cc2c(cc1Br)c(=O)c1ccc(Cl)c(N(C)C)c1n2CC=O.CO. The molecule has 0 spiro atoms. The number of fused-ring (bicyclic) bond motifs is 2. The summed E-state index contributed by atoms with van der Waals surface area (Å²) < 4.78 is 2.79. The number of benzene rings is 2. The van der Waals surface area contributed by atoms with Gasteiger partial charge in [0, 0.05) is 36.5 Å². The number of aromatic nitrogens is 1. The average molecular weight is 468 g/mol. The third kappa shape index (κ3) is 3.81. The molecule has 0 saturated carbocycles. The van der Waals surface area contributed by atoms with Crippen LogP contribution in [0.15, 0.2) is 33.5 Å².